The predicted molar refractivity (Wildman–Crippen MR) is 89.0 cm³/mol. The summed E-state index contributed by atoms with van der Waals surface area (Å²) in [5, 5.41) is 15.9. The van der Waals surface area contributed by atoms with Crippen LogP contribution >= 0.6 is 11.3 Å². The second-order valence-electron chi connectivity index (χ2n) is 6.15. The number of halogens is 3. The van der Waals surface area contributed by atoms with E-state index in [1.54, 1.807) is 4.52 Å². The van der Waals surface area contributed by atoms with Crippen molar-refractivity contribution in [1.29, 1.82) is 0 Å². The number of carbonyl (C=O) groups is 1. The molecular formula is C16H14F3N5OS. The zero-order valence-electron chi connectivity index (χ0n) is 13.5. The average molecular weight is 381 g/mol. The lowest BCUT2D eigenvalue weighted by atomic mass is 10.2. The summed E-state index contributed by atoms with van der Waals surface area (Å²) < 4.78 is 39.8. The number of aryl methyl sites for hydroxylation is 1. The Morgan fingerprint density at radius 1 is 1.31 bits per heavy atom. The lowest BCUT2D eigenvalue weighted by molar-refractivity contribution is -0.137. The summed E-state index contributed by atoms with van der Waals surface area (Å²) in [4.78, 5) is 12.7. The minimum Gasteiger partial charge on any atom is -0.326 e. The van der Waals surface area contributed by atoms with Crippen LogP contribution in [-0.4, -0.2) is 25.7 Å². The number of benzene rings is 1. The van der Waals surface area contributed by atoms with Crippen molar-refractivity contribution in [2.75, 3.05) is 5.32 Å². The van der Waals surface area contributed by atoms with Gasteiger partial charge in [0.25, 0.3) is 0 Å². The molecule has 0 aliphatic heterocycles. The summed E-state index contributed by atoms with van der Waals surface area (Å²) in [6.45, 7) is 0. The van der Waals surface area contributed by atoms with Crippen LogP contribution in [0.4, 0.5) is 18.9 Å². The molecule has 0 unspecified atom stereocenters. The van der Waals surface area contributed by atoms with Gasteiger partial charge in [-0.2, -0.15) is 22.8 Å². The third-order valence-electron chi connectivity index (χ3n) is 4.04. The number of aromatic nitrogens is 4. The summed E-state index contributed by atoms with van der Waals surface area (Å²) >= 11 is 1.37. The molecule has 0 atom stereocenters. The van der Waals surface area contributed by atoms with E-state index in [1.807, 2.05) is 0 Å². The molecular weight excluding hydrogens is 367 g/mol. The Morgan fingerprint density at radius 2 is 2.12 bits per heavy atom. The molecule has 0 spiro atoms. The van der Waals surface area contributed by atoms with Crippen LogP contribution in [0.1, 0.15) is 41.6 Å². The van der Waals surface area contributed by atoms with Gasteiger partial charge in [0.05, 0.1) is 5.56 Å². The fraction of sp³-hybridized carbons (Fsp3) is 0.375. The highest BCUT2D eigenvalue weighted by Crippen LogP contribution is 2.39. The van der Waals surface area contributed by atoms with E-state index in [2.05, 4.69) is 20.6 Å². The average Bonchev–Trinajstić information content (AvgIpc) is 3.22. The van der Waals surface area contributed by atoms with Gasteiger partial charge in [-0.05, 0) is 31.0 Å². The number of alkyl halides is 3. The molecule has 4 rings (SSSR count). The van der Waals surface area contributed by atoms with Gasteiger partial charge in [0.1, 0.15) is 5.01 Å². The minimum absolute atomic E-state index is 0.124. The Hall–Kier alpha value is -2.49. The summed E-state index contributed by atoms with van der Waals surface area (Å²) in [7, 11) is 0. The largest absolute Gasteiger partial charge is 0.416 e. The number of rotatable bonds is 5. The first-order chi connectivity index (χ1) is 12.4. The number of hydrogen-bond acceptors (Lipinski definition) is 5. The van der Waals surface area contributed by atoms with Crippen molar-refractivity contribution in [3.05, 3.63) is 40.7 Å². The van der Waals surface area contributed by atoms with Crippen LogP contribution in [-0.2, 0) is 17.4 Å². The van der Waals surface area contributed by atoms with Crippen molar-refractivity contribution in [2.24, 2.45) is 0 Å². The molecule has 2 aromatic heterocycles. The number of hydrogen-bond donors (Lipinski definition) is 1. The summed E-state index contributed by atoms with van der Waals surface area (Å²) in [6, 6.07) is 4.58. The van der Waals surface area contributed by atoms with E-state index in [0.717, 1.165) is 35.8 Å². The molecule has 1 aliphatic rings. The second-order valence-corrected chi connectivity index (χ2v) is 7.19. The van der Waals surface area contributed by atoms with E-state index in [9.17, 15) is 18.0 Å². The molecule has 1 saturated carbocycles. The molecule has 1 amide bonds. The quantitative estimate of drug-likeness (QED) is 0.732. The number of fused-ring (bicyclic) bond motifs is 1. The van der Waals surface area contributed by atoms with Crippen molar-refractivity contribution < 1.29 is 18.0 Å². The summed E-state index contributed by atoms with van der Waals surface area (Å²) in [5.41, 5.74) is -0.671. The van der Waals surface area contributed by atoms with Gasteiger partial charge in [-0.25, -0.2) is 0 Å². The number of nitrogens with zero attached hydrogens (tertiary/aromatic N) is 4. The molecule has 1 aliphatic carbocycles. The van der Waals surface area contributed by atoms with Gasteiger partial charge in [0, 0.05) is 24.4 Å². The minimum atomic E-state index is -4.44. The van der Waals surface area contributed by atoms with E-state index in [4.69, 9.17) is 0 Å². The third kappa shape index (κ3) is 3.55. The highest BCUT2D eigenvalue weighted by molar-refractivity contribution is 7.16. The van der Waals surface area contributed by atoms with E-state index in [1.165, 1.54) is 23.5 Å². The molecule has 26 heavy (non-hydrogen) atoms. The molecule has 0 bridgehead atoms. The SMILES string of the molecule is O=C(CCc1nn2c(C3CC3)nnc2s1)Nc1cccc(C(F)(F)F)c1. The summed E-state index contributed by atoms with van der Waals surface area (Å²) in [5.74, 6) is 0.915. The van der Waals surface area contributed by atoms with Crippen molar-refractivity contribution >= 4 is 27.9 Å². The van der Waals surface area contributed by atoms with Gasteiger partial charge in [-0.15, -0.1) is 10.2 Å². The van der Waals surface area contributed by atoms with Crippen LogP contribution in [0.25, 0.3) is 4.96 Å². The number of anilines is 1. The third-order valence-corrected chi connectivity index (χ3v) is 5.00. The first-order valence-electron chi connectivity index (χ1n) is 8.08. The zero-order chi connectivity index (χ0) is 18.3. The standard InChI is InChI=1S/C16H14F3N5OS/c17-16(18,19)10-2-1-3-11(8-10)20-12(25)6-7-13-23-24-14(9-4-5-9)21-22-15(24)26-13/h1-3,8-9H,4-7H2,(H,20,25). The molecule has 3 aromatic rings. The molecule has 10 heteroatoms. The van der Waals surface area contributed by atoms with Crippen molar-refractivity contribution in [2.45, 2.75) is 37.8 Å². The summed E-state index contributed by atoms with van der Waals surface area (Å²) in [6.07, 6.45) is -1.74. The monoisotopic (exact) mass is 381 g/mol. The maximum absolute atomic E-state index is 12.7. The highest BCUT2D eigenvalue weighted by atomic mass is 32.1. The van der Waals surface area contributed by atoms with Gasteiger partial charge in [0.2, 0.25) is 10.9 Å². The Morgan fingerprint density at radius 3 is 2.85 bits per heavy atom. The van der Waals surface area contributed by atoms with Crippen LogP contribution in [0.5, 0.6) is 0 Å². The van der Waals surface area contributed by atoms with E-state index in [-0.39, 0.29) is 18.0 Å². The maximum atomic E-state index is 12.7. The Balaban J connectivity index is 1.38. The lowest BCUT2D eigenvalue weighted by Crippen LogP contribution is -2.13. The van der Waals surface area contributed by atoms with Gasteiger partial charge in [-0.3, -0.25) is 4.79 Å². The first kappa shape index (κ1) is 17.0. The fourth-order valence-electron chi connectivity index (χ4n) is 2.59. The molecule has 0 saturated heterocycles. The fourth-order valence-corrected chi connectivity index (χ4v) is 3.43. The molecule has 1 fully saturated rings. The van der Waals surface area contributed by atoms with Gasteiger partial charge < -0.3 is 5.32 Å². The van der Waals surface area contributed by atoms with Crippen molar-refractivity contribution in [3.8, 4) is 0 Å². The Labute approximate surface area is 150 Å². The Bertz CT molecular complexity index is 960. The number of nitrogens with one attached hydrogen (secondary N) is 1. The predicted octanol–water partition coefficient (Wildman–Crippen LogP) is 3.65. The second kappa shape index (κ2) is 6.35. The van der Waals surface area contributed by atoms with Crippen LogP contribution in [0, 0.1) is 0 Å². The van der Waals surface area contributed by atoms with E-state index < -0.39 is 11.7 Å². The Kier molecular flexibility index (Phi) is 4.14. The number of carbonyl (C=O) groups excluding carboxylic acids is 1. The smallest absolute Gasteiger partial charge is 0.326 e. The van der Waals surface area contributed by atoms with Crippen LogP contribution < -0.4 is 5.32 Å². The van der Waals surface area contributed by atoms with Crippen LogP contribution in [0.2, 0.25) is 0 Å². The van der Waals surface area contributed by atoms with E-state index >= 15 is 0 Å². The van der Waals surface area contributed by atoms with Crippen LogP contribution in [0.15, 0.2) is 24.3 Å². The molecule has 6 nitrogen and oxygen atoms in total. The molecule has 2 heterocycles. The zero-order valence-corrected chi connectivity index (χ0v) is 14.3. The van der Waals surface area contributed by atoms with Gasteiger partial charge in [-0.1, -0.05) is 17.4 Å². The topological polar surface area (TPSA) is 72.2 Å². The van der Waals surface area contributed by atoms with Gasteiger partial charge in [0.15, 0.2) is 5.82 Å². The van der Waals surface area contributed by atoms with Gasteiger partial charge >= 0.3 is 6.18 Å². The first-order valence-corrected chi connectivity index (χ1v) is 8.90. The van der Waals surface area contributed by atoms with Crippen molar-refractivity contribution in [1.82, 2.24) is 19.8 Å². The molecule has 136 valence electrons. The van der Waals surface area contributed by atoms with Crippen LogP contribution in [0.3, 0.4) is 0 Å². The highest BCUT2D eigenvalue weighted by Gasteiger charge is 2.31. The lowest BCUT2D eigenvalue weighted by Gasteiger charge is -2.09. The normalized spacial score (nSPS) is 14.7. The van der Waals surface area contributed by atoms with Crippen molar-refractivity contribution in [3.63, 3.8) is 0 Å². The number of amides is 1. The molecule has 0 radical (unpaired) electrons. The maximum Gasteiger partial charge on any atom is 0.416 e. The molecule has 1 aromatic carbocycles. The van der Waals surface area contributed by atoms with E-state index in [0.29, 0.717) is 17.3 Å². The molecule has 1 N–H and O–H groups in total.